The fraction of sp³-hybridized carbons (Fsp3) is 0.727. The van der Waals surface area contributed by atoms with Crippen LogP contribution in [0, 0.1) is 5.92 Å². The van der Waals surface area contributed by atoms with Gasteiger partial charge in [-0.2, -0.15) is 0 Å². The molecular weight excluding hydrogens is 160 g/mol. The zero-order valence-corrected chi connectivity index (χ0v) is 7.92. The van der Waals surface area contributed by atoms with Gasteiger partial charge in [-0.15, -0.1) is 0 Å². The summed E-state index contributed by atoms with van der Waals surface area (Å²) in [5.41, 5.74) is 1.56. The number of allylic oxidation sites excluding steroid dienone is 1. The Balaban J connectivity index is 2.06. The van der Waals surface area contributed by atoms with Gasteiger partial charge in [-0.1, -0.05) is 6.08 Å². The third kappa shape index (κ3) is 0.767. The van der Waals surface area contributed by atoms with Gasteiger partial charge in [0.25, 0.3) is 0 Å². The van der Waals surface area contributed by atoms with E-state index in [1.165, 1.54) is 44.2 Å². The lowest BCUT2D eigenvalue weighted by Crippen LogP contribution is -2.62. The summed E-state index contributed by atoms with van der Waals surface area (Å²) in [6.07, 6.45) is 12.2. The van der Waals surface area contributed by atoms with Crippen molar-refractivity contribution in [1.29, 1.82) is 0 Å². The summed E-state index contributed by atoms with van der Waals surface area (Å²) in [5, 5.41) is 0. The van der Waals surface area contributed by atoms with Gasteiger partial charge in [-0.05, 0) is 31.8 Å². The maximum Gasteiger partial charge on any atom is 0.187 e. The van der Waals surface area contributed by atoms with Gasteiger partial charge in [0.15, 0.2) is 11.3 Å². The van der Waals surface area contributed by atoms with Crippen molar-refractivity contribution < 1.29 is 4.68 Å². The van der Waals surface area contributed by atoms with Crippen LogP contribution in [-0.2, 0) is 0 Å². The van der Waals surface area contributed by atoms with Crippen LogP contribution in [0.2, 0.25) is 0 Å². The maximum atomic E-state index is 7.99. The third-order valence-electron chi connectivity index (χ3n) is 3.99. The summed E-state index contributed by atoms with van der Waals surface area (Å²) in [6, 6.07) is 0. The Morgan fingerprint density at radius 3 is 3.23 bits per heavy atom. The predicted octanol–water partition coefficient (Wildman–Crippen LogP) is 2.70. The minimum atomic E-state index is 0.143. The molecule has 0 amide bonds. The van der Waals surface area contributed by atoms with E-state index in [4.69, 9.17) is 5.84 Å². The first-order valence-electron chi connectivity index (χ1n) is 5.39. The van der Waals surface area contributed by atoms with Crippen molar-refractivity contribution >= 4 is 5.71 Å². The van der Waals surface area contributed by atoms with E-state index in [1.54, 1.807) is 0 Å². The van der Waals surface area contributed by atoms with Gasteiger partial charge in [0, 0.05) is 12.8 Å². The lowest BCUT2D eigenvalue weighted by atomic mass is 9.64. The van der Waals surface area contributed by atoms with Gasteiger partial charge in [-0.3, -0.25) is 4.68 Å². The largest absolute Gasteiger partial charge is 0.454 e. The highest BCUT2D eigenvalue weighted by Crippen LogP contribution is 2.48. The van der Waals surface area contributed by atoms with E-state index < -0.39 is 0 Å². The minimum Gasteiger partial charge on any atom is -0.454 e. The van der Waals surface area contributed by atoms with E-state index in [9.17, 15) is 0 Å². The Morgan fingerprint density at radius 2 is 2.38 bits per heavy atom. The van der Waals surface area contributed by atoms with Crippen molar-refractivity contribution in [1.82, 2.24) is 0 Å². The third-order valence-corrected chi connectivity index (χ3v) is 3.99. The molecule has 0 fully saturated rings. The van der Waals surface area contributed by atoms with Crippen LogP contribution in [0.25, 0.3) is 5.84 Å². The Bertz CT molecular complexity index is 303. The van der Waals surface area contributed by atoms with Crippen molar-refractivity contribution in [3.63, 3.8) is 0 Å². The van der Waals surface area contributed by atoms with Crippen molar-refractivity contribution in [2.24, 2.45) is 5.92 Å². The molecule has 0 aromatic rings. The molecule has 2 heterocycles. The van der Waals surface area contributed by atoms with Gasteiger partial charge in [-0.25, -0.2) is 0 Å². The molecule has 0 aromatic carbocycles. The first kappa shape index (κ1) is 7.60. The molecule has 0 saturated heterocycles. The second-order valence-corrected chi connectivity index (χ2v) is 4.56. The van der Waals surface area contributed by atoms with Crippen LogP contribution in [-0.4, -0.2) is 15.9 Å². The first-order chi connectivity index (χ1) is 6.34. The van der Waals surface area contributed by atoms with Crippen LogP contribution in [0.4, 0.5) is 0 Å². The monoisotopic (exact) mass is 176 g/mol. The molecule has 2 aliphatic heterocycles. The second kappa shape index (κ2) is 2.37. The van der Waals surface area contributed by atoms with E-state index in [0.717, 1.165) is 5.92 Å². The quantitative estimate of drug-likeness (QED) is 0.401. The molecule has 1 aliphatic carbocycles. The highest BCUT2D eigenvalue weighted by Gasteiger charge is 2.59. The van der Waals surface area contributed by atoms with E-state index in [2.05, 4.69) is 12.2 Å². The van der Waals surface area contributed by atoms with Crippen LogP contribution < -0.4 is 0 Å². The maximum absolute atomic E-state index is 7.99. The van der Waals surface area contributed by atoms with E-state index in [-0.39, 0.29) is 5.54 Å². The zero-order chi connectivity index (χ0) is 8.89. The summed E-state index contributed by atoms with van der Waals surface area (Å²) in [5.74, 6) is 8.72. The predicted molar refractivity (Wildman–Crippen MR) is 52.7 cm³/mol. The van der Waals surface area contributed by atoms with Crippen LogP contribution in [0.15, 0.2) is 12.2 Å². The molecule has 2 atom stereocenters. The highest BCUT2D eigenvalue weighted by atomic mass is 15.4. The Kier molecular flexibility index (Phi) is 1.38. The van der Waals surface area contributed by atoms with Gasteiger partial charge >= 0.3 is 0 Å². The van der Waals surface area contributed by atoms with Gasteiger partial charge in [0.1, 0.15) is 5.92 Å². The Hall–Kier alpha value is -0.790. The molecule has 2 unspecified atom stereocenters. The molecule has 2 bridgehead atoms. The number of rotatable bonds is 0. The summed E-state index contributed by atoms with van der Waals surface area (Å²) in [6.45, 7) is 0. The number of hydrogen-bond acceptors (Lipinski definition) is 0. The molecule has 70 valence electrons. The highest BCUT2D eigenvalue weighted by molar-refractivity contribution is 5.88. The molecule has 1 spiro atoms. The van der Waals surface area contributed by atoms with Crippen molar-refractivity contribution in [3.8, 4) is 0 Å². The SMILES string of the molecule is [NH-][N+]1=C2CCCC13C=CCCCC23. The fourth-order valence-electron chi connectivity index (χ4n) is 3.34. The van der Waals surface area contributed by atoms with E-state index in [1.807, 2.05) is 4.68 Å². The fourth-order valence-corrected chi connectivity index (χ4v) is 3.34. The van der Waals surface area contributed by atoms with Crippen molar-refractivity contribution in [3.05, 3.63) is 18.0 Å². The average Bonchev–Trinajstić information content (AvgIpc) is 2.37. The number of nitrogens with zero attached hydrogens (tertiary/aromatic N) is 1. The van der Waals surface area contributed by atoms with E-state index in [0.29, 0.717) is 0 Å². The van der Waals surface area contributed by atoms with E-state index >= 15 is 0 Å². The van der Waals surface area contributed by atoms with Crippen molar-refractivity contribution in [2.45, 2.75) is 44.1 Å². The lowest BCUT2D eigenvalue weighted by molar-refractivity contribution is -0.587. The lowest BCUT2D eigenvalue weighted by Gasteiger charge is -2.49. The first-order valence-corrected chi connectivity index (χ1v) is 5.39. The van der Waals surface area contributed by atoms with Crippen LogP contribution in [0.1, 0.15) is 38.5 Å². The molecule has 3 aliphatic rings. The molecule has 2 nitrogen and oxygen atoms in total. The summed E-state index contributed by atoms with van der Waals surface area (Å²) in [7, 11) is 0. The molecule has 1 N–H and O–H groups in total. The second-order valence-electron chi connectivity index (χ2n) is 4.56. The van der Waals surface area contributed by atoms with Crippen LogP contribution >= 0.6 is 0 Å². The number of fused-ring (bicyclic) bond motifs is 1. The molecule has 0 radical (unpaired) electrons. The zero-order valence-electron chi connectivity index (χ0n) is 7.92. The number of hydrogen-bond donors (Lipinski definition) is 0. The topological polar surface area (TPSA) is 26.8 Å². The summed E-state index contributed by atoms with van der Waals surface area (Å²) in [4.78, 5) is 0. The smallest absolute Gasteiger partial charge is 0.187 e. The Labute approximate surface area is 79.1 Å². The molecule has 0 aromatic heterocycles. The van der Waals surface area contributed by atoms with Gasteiger partial charge in [0.2, 0.25) is 0 Å². The summed E-state index contributed by atoms with van der Waals surface area (Å²) >= 11 is 0. The number of nitrogens with one attached hydrogen (secondary N) is 1. The van der Waals surface area contributed by atoms with Crippen LogP contribution in [0.3, 0.4) is 0 Å². The van der Waals surface area contributed by atoms with Gasteiger partial charge in [0.05, 0.1) is 0 Å². The minimum absolute atomic E-state index is 0.143. The molecule has 0 saturated carbocycles. The van der Waals surface area contributed by atoms with Crippen LogP contribution in [0.5, 0.6) is 0 Å². The Morgan fingerprint density at radius 1 is 1.46 bits per heavy atom. The molecule has 2 heteroatoms. The van der Waals surface area contributed by atoms with Crippen molar-refractivity contribution in [2.75, 3.05) is 0 Å². The molecule has 13 heavy (non-hydrogen) atoms. The average molecular weight is 176 g/mol. The standard InChI is InChI=1S/C11H16N2/c12-13-10-6-4-8-11(13)7-3-1-2-5-9(10)11/h3,7,9,12H,1-2,4-6,8H2. The normalized spacial score (nSPS) is 42.3. The van der Waals surface area contributed by atoms with Gasteiger partial charge < -0.3 is 5.84 Å². The summed E-state index contributed by atoms with van der Waals surface area (Å²) < 4.78 is 1.81. The molecular formula is C11H16N2. The molecule has 3 rings (SSSR count).